The number of benzene rings is 3. The first kappa shape index (κ1) is 17.2. The van der Waals surface area contributed by atoms with Crippen LogP contribution in [0.1, 0.15) is 48.2 Å². The number of aliphatic imine (C=N–C) groups is 2. The monoisotopic (exact) mass is 353 g/mol. The summed E-state index contributed by atoms with van der Waals surface area (Å²) in [6.07, 6.45) is 0. The highest BCUT2D eigenvalue weighted by atomic mass is 15.1. The zero-order valence-electron chi connectivity index (χ0n) is 15.6. The number of nitrogens with one attached hydrogen (secondary N) is 1. The van der Waals surface area contributed by atoms with E-state index in [-0.39, 0.29) is 12.1 Å². The van der Waals surface area contributed by atoms with Crippen LogP contribution in [-0.2, 0) is 0 Å². The third kappa shape index (κ3) is 3.68. The summed E-state index contributed by atoms with van der Waals surface area (Å²) < 4.78 is 0. The molecule has 1 aliphatic heterocycles. The molecule has 1 N–H and O–H groups in total. The van der Waals surface area contributed by atoms with Crippen LogP contribution < -0.4 is 5.32 Å². The standard InChI is InChI=1S/C24H23N3/c1-17(19-11-5-3-6-12-19)25-23-21-15-9-10-16-22(21)24(27-23)26-18(2)20-13-7-4-8-14-20/h3-18H,1-2H3,(H,25,26,27)/t17-,18+. The van der Waals surface area contributed by atoms with Crippen LogP contribution in [0.15, 0.2) is 94.9 Å². The Bertz CT molecular complexity index is 894. The fourth-order valence-electron chi connectivity index (χ4n) is 3.35. The molecule has 0 fully saturated rings. The molecule has 0 saturated heterocycles. The molecule has 4 rings (SSSR count). The Morgan fingerprint density at radius 1 is 0.556 bits per heavy atom. The smallest absolute Gasteiger partial charge is 0.135 e. The van der Waals surface area contributed by atoms with Gasteiger partial charge in [0, 0.05) is 11.1 Å². The number of hydrogen-bond acceptors (Lipinski definition) is 2. The Morgan fingerprint density at radius 2 is 0.926 bits per heavy atom. The number of rotatable bonds is 4. The van der Waals surface area contributed by atoms with E-state index in [0.717, 1.165) is 22.8 Å². The minimum absolute atomic E-state index is 0.0765. The second-order valence-electron chi connectivity index (χ2n) is 6.80. The lowest BCUT2D eigenvalue weighted by atomic mass is 10.1. The fourth-order valence-corrected chi connectivity index (χ4v) is 3.35. The molecule has 27 heavy (non-hydrogen) atoms. The van der Waals surface area contributed by atoms with Gasteiger partial charge in [0.05, 0.1) is 12.1 Å². The molecule has 134 valence electrons. The van der Waals surface area contributed by atoms with Crippen LogP contribution in [0.25, 0.3) is 0 Å². The lowest BCUT2D eigenvalue weighted by Gasteiger charge is -2.10. The molecular weight excluding hydrogens is 330 g/mol. The number of amidine groups is 2. The van der Waals surface area contributed by atoms with Gasteiger partial charge in [-0.1, -0.05) is 84.9 Å². The van der Waals surface area contributed by atoms with E-state index in [1.54, 1.807) is 0 Å². The fraction of sp³-hybridized carbons (Fsp3) is 0.167. The molecule has 0 amide bonds. The summed E-state index contributed by atoms with van der Waals surface area (Å²) in [5, 5.41) is 3.46. The zero-order chi connectivity index (χ0) is 18.6. The first-order valence-electron chi connectivity index (χ1n) is 9.34. The van der Waals surface area contributed by atoms with Crippen molar-refractivity contribution in [3.8, 4) is 0 Å². The van der Waals surface area contributed by atoms with Gasteiger partial charge >= 0.3 is 0 Å². The Morgan fingerprint density at radius 3 is 1.33 bits per heavy atom. The maximum absolute atomic E-state index is 4.94. The van der Waals surface area contributed by atoms with Gasteiger partial charge < -0.3 is 5.32 Å². The van der Waals surface area contributed by atoms with Crippen molar-refractivity contribution in [2.45, 2.75) is 25.9 Å². The topological polar surface area (TPSA) is 36.8 Å². The Hall–Kier alpha value is -3.20. The third-order valence-corrected chi connectivity index (χ3v) is 4.88. The SMILES string of the molecule is C[C@H](N=C1NC(=N[C@H](C)c2ccccc2)c2ccccc21)c1ccccc1. The van der Waals surface area contributed by atoms with E-state index >= 15 is 0 Å². The average molecular weight is 353 g/mol. The third-order valence-electron chi connectivity index (χ3n) is 4.88. The van der Waals surface area contributed by atoms with E-state index in [2.05, 4.69) is 79.8 Å². The summed E-state index contributed by atoms with van der Waals surface area (Å²) >= 11 is 0. The van der Waals surface area contributed by atoms with E-state index in [4.69, 9.17) is 9.98 Å². The molecule has 2 atom stereocenters. The second-order valence-corrected chi connectivity index (χ2v) is 6.80. The van der Waals surface area contributed by atoms with Crippen molar-refractivity contribution >= 4 is 11.7 Å². The molecule has 1 aliphatic rings. The number of hydrogen-bond donors (Lipinski definition) is 1. The quantitative estimate of drug-likeness (QED) is 0.678. The van der Waals surface area contributed by atoms with E-state index in [0.29, 0.717) is 0 Å². The predicted octanol–water partition coefficient (Wildman–Crippen LogP) is 5.31. The number of fused-ring (bicyclic) bond motifs is 1. The van der Waals surface area contributed by atoms with Crippen LogP contribution in [0.3, 0.4) is 0 Å². The summed E-state index contributed by atoms with van der Waals surface area (Å²) in [6, 6.07) is 29.2. The van der Waals surface area contributed by atoms with Crippen LogP contribution in [0.4, 0.5) is 0 Å². The summed E-state index contributed by atoms with van der Waals surface area (Å²) in [4.78, 5) is 9.89. The van der Waals surface area contributed by atoms with E-state index in [1.807, 2.05) is 24.3 Å². The molecule has 0 radical (unpaired) electrons. The first-order valence-corrected chi connectivity index (χ1v) is 9.34. The van der Waals surface area contributed by atoms with Crippen molar-refractivity contribution < 1.29 is 0 Å². The van der Waals surface area contributed by atoms with Crippen molar-refractivity contribution in [3.63, 3.8) is 0 Å². The van der Waals surface area contributed by atoms with E-state index < -0.39 is 0 Å². The molecule has 3 aromatic carbocycles. The lowest BCUT2D eigenvalue weighted by Crippen LogP contribution is -2.23. The first-order chi connectivity index (χ1) is 13.2. The summed E-state index contributed by atoms with van der Waals surface area (Å²) in [5.41, 5.74) is 4.62. The van der Waals surface area contributed by atoms with Crippen LogP contribution >= 0.6 is 0 Å². The van der Waals surface area contributed by atoms with Crippen molar-refractivity contribution in [3.05, 3.63) is 107 Å². The molecule has 0 aromatic heterocycles. The van der Waals surface area contributed by atoms with Gasteiger partial charge in [-0.05, 0) is 25.0 Å². The van der Waals surface area contributed by atoms with E-state index in [1.165, 1.54) is 11.1 Å². The highest BCUT2D eigenvalue weighted by molar-refractivity contribution is 6.25. The zero-order valence-corrected chi connectivity index (χ0v) is 15.6. The highest BCUT2D eigenvalue weighted by Gasteiger charge is 2.24. The molecule has 3 aromatic rings. The van der Waals surface area contributed by atoms with Crippen molar-refractivity contribution in [2.24, 2.45) is 9.98 Å². The predicted molar refractivity (Wildman–Crippen MR) is 112 cm³/mol. The van der Waals surface area contributed by atoms with Crippen molar-refractivity contribution in [2.75, 3.05) is 0 Å². The minimum atomic E-state index is 0.0765. The van der Waals surface area contributed by atoms with Gasteiger partial charge in [-0.25, -0.2) is 0 Å². The molecular formula is C24H23N3. The Labute approximate surface area is 160 Å². The molecule has 3 nitrogen and oxygen atoms in total. The molecule has 0 saturated carbocycles. The summed E-state index contributed by atoms with van der Waals surface area (Å²) in [6.45, 7) is 4.24. The summed E-state index contributed by atoms with van der Waals surface area (Å²) in [5.74, 6) is 1.78. The van der Waals surface area contributed by atoms with Gasteiger partial charge in [-0.15, -0.1) is 0 Å². The van der Waals surface area contributed by atoms with Crippen LogP contribution in [0.5, 0.6) is 0 Å². The van der Waals surface area contributed by atoms with Gasteiger partial charge in [-0.2, -0.15) is 0 Å². The Balaban J connectivity index is 1.67. The van der Waals surface area contributed by atoms with Crippen LogP contribution in [0, 0.1) is 0 Å². The molecule has 0 aliphatic carbocycles. The lowest BCUT2D eigenvalue weighted by molar-refractivity contribution is 0.809. The van der Waals surface area contributed by atoms with Gasteiger partial charge in [-0.3, -0.25) is 9.98 Å². The number of nitrogens with zero attached hydrogens (tertiary/aromatic N) is 2. The molecule has 0 spiro atoms. The highest BCUT2D eigenvalue weighted by Crippen LogP contribution is 2.24. The van der Waals surface area contributed by atoms with Gasteiger partial charge in [0.2, 0.25) is 0 Å². The van der Waals surface area contributed by atoms with Crippen molar-refractivity contribution in [1.82, 2.24) is 5.32 Å². The van der Waals surface area contributed by atoms with Gasteiger partial charge in [0.15, 0.2) is 0 Å². The molecule has 0 unspecified atom stereocenters. The maximum Gasteiger partial charge on any atom is 0.135 e. The van der Waals surface area contributed by atoms with Crippen LogP contribution in [0.2, 0.25) is 0 Å². The molecule has 0 bridgehead atoms. The van der Waals surface area contributed by atoms with Crippen LogP contribution in [-0.4, -0.2) is 11.7 Å². The molecule has 3 heteroatoms. The normalized spacial score (nSPS) is 18.1. The van der Waals surface area contributed by atoms with Crippen molar-refractivity contribution in [1.29, 1.82) is 0 Å². The van der Waals surface area contributed by atoms with Gasteiger partial charge in [0.25, 0.3) is 0 Å². The van der Waals surface area contributed by atoms with Gasteiger partial charge in [0.1, 0.15) is 11.7 Å². The largest absolute Gasteiger partial charge is 0.324 e. The Kier molecular flexibility index (Phi) is 4.84. The second kappa shape index (κ2) is 7.58. The summed E-state index contributed by atoms with van der Waals surface area (Å²) in [7, 11) is 0. The van der Waals surface area contributed by atoms with E-state index in [9.17, 15) is 0 Å². The minimum Gasteiger partial charge on any atom is -0.324 e. The molecule has 1 heterocycles. The average Bonchev–Trinajstić information content (AvgIpc) is 3.06. The maximum atomic E-state index is 4.94.